The molecule has 1 saturated heterocycles. The molecule has 0 bridgehead atoms. The van der Waals surface area contributed by atoms with Crippen LogP contribution in [-0.4, -0.2) is 33.4 Å². The third kappa shape index (κ3) is 1.41. The standard InChI is InChI=1S/C13H13NO4/c1-8-7-11(15)14(12(8)16,9(2)13(17)18)10-5-3-4-6-10/h3,5-6,9H,1,4,7H2,2H3/p+1. The van der Waals surface area contributed by atoms with Crippen LogP contribution in [0, 0.1) is 0 Å². The number of hydrogen-bond acceptors (Lipinski definition) is 3. The first-order valence-electron chi connectivity index (χ1n) is 5.67. The van der Waals surface area contributed by atoms with Crippen LogP contribution in [-0.2, 0) is 14.4 Å². The molecule has 0 radical (unpaired) electrons. The Morgan fingerprint density at radius 2 is 2.17 bits per heavy atom. The first-order valence-corrected chi connectivity index (χ1v) is 5.67. The highest BCUT2D eigenvalue weighted by molar-refractivity contribution is 6.07. The third-order valence-electron chi connectivity index (χ3n) is 3.48. The van der Waals surface area contributed by atoms with Crippen LogP contribution in [0.15, 0.2) is 36.1 Å². The number of likely N-dealkylation sites (tertiary alicyclic amines) is 1. The van der Waals surface area contributed by atoms with Gasteiger partial charge in [0, 0.05) is 6.92 Å². The van der Waals surface area contributed by atoms with Crippen LogP contribution in [0.5, 0.6) is 0 Å². The van der Waals surface area contributed by atoms with E-state index < -0.39 is 28.3 Å². The second-order valence-corrected chi connectivity index (χ2v) is 4.48. The second kappa shape index (κ2) is 4.03. The SMILES string of the molecule is C=C1CC(=O)[N+](C2=CCC=C2)(C(C)C(=O)O)C1=O. The molecule has 5 nitrogen and oxygen atoms in total. The monoisotopic (exact) mass is 248 g/mol. The van der Waals surface area contributed by atoms with E-state index in [1.54, 1.807) is 18.2 Å². The molecular formula is C13H14NO4+. The number of imide groups is 1. The number of quaternary nitrogens is 1. The Bertz CT molecular complexity index is 529. The predicted molar refractivity (Wildman–Crippen MR) is 63.0 cm³/mol. The number of carbonyl (C=O) groups is 3. The fourth-order valence-corrected chi connectivity index (χ4v) is 2.50. The lowest BCUT2D eigenvalue weighted by Gasteiger charge is -2.31. The molecule has 2 unspecified atom stereocenters. The Morgan fingerprint density at radius 3 is 2.56 bits per heavy atom. The number of nitrogens with zero attached hydrogens (tertiary/aromatic N) is 1. The van der Waals surface area contributed by atoms with Gasteiger partial charge in [-0.3, -0.25) is 0 Å². The Balaban J connectivity index is 2.64. The lowest BCUT2D eigenvalue weighted by Crippen LogP contribution is -2.59. The maximum absolute atomic E-state index is 12.3. The summed E-state index contributed by atoms with van der Waals surface area (Å²) in [6.07, 6.45) is 5.68. The van der Waals surface area contributed by atoms with Crippen molar-refractivity contribution in [2.45, 2.75) is 25.8 Å². The molecule has 0 aromatic carbocycles. The largest absolute Gasteiger partial charge is 0.477 e. The van der Waals surface area contributed by atoms with E-state index in [0.29, 0.717) is 12.1 Å². The van der Waals surface area contributed by atoms with E-state index in [-0.39, 0.29) is 12.0 Å². The molecule has 1 fully saturated rings. The third-order valence-corrected chi connectivity index (χ3v) is 3.48. The van der Waals surface area contributed by atoms with Gasteiger partial charge in [0.15, 0.2) is 0 Å². The van der Waals surface area contributed by atoms with Crippen molar-refractivity contribution < 1.29 is 24.0 Å². The minimum Gasteiger partial charge on any atom is -0.477 e. The molecule has 0 aromatic rings. The number of allylic oxidation sites excluding steroid dienone is 3. The van der Waals surface area contributed by atoms with Crippen molar-refractivity contribution in [3.63, 3.8) is 0 Å². The summed E-state index contributed by atoms with van der Waals surface area (Å²) in [6.45, 7) is 4.94. The van der Waals surface area contributed by atoms with Crippen molar-refractivity contribution in [3.05, 3.63) is 36.1 Å². The fraction of sp³-hybridized carbons (Fsp3) is 0.308. The molecule has 94 valence electrons. The molecule has 2 atom stereocenters. The van der Waals surface area contributed by atoms with Gasteiger partial charge in [-0.15, -0.1) is 4.48 Å². The second-order valence-electron chi connectivity index (χ2n) is 4.48. The first-order chi connectivity index (χ1) is 8.42. The minimum atomic E-state index is -1.17. The number of carboxylic acid groups (broad SMARTS) is 1. The summed E-state index contributed by atoms with van der Waals surface area (Å²) in [4.78, 5) is 35.7. The molecule has 18 heavy (non-hydrogen) atoms. The Morgan fingerprint density at radius 1 is 1.50 bits per heavy atom. The van der Waals surface area contributed by atoms with Gasteiger partial charge < -0.3 is 5.11 Å². The summed E-state index contributed by atoms with van der Waals surface area (Å²) in [6, 6.07) is -1.14. The fourth-order valence-electron chi connectivity index (χ4n) is 2.50. The topological polar surface area (TPSA) is 71.4 Å². The summed E-state index contributed by atoms with van der Waals surface area (Å²) in [5.41, 5.74) is 0.618. The van der Waals surface area contributed by atoms with E-state index in [1.807, 2.05) is 0 Å². The minimum absolute atomic E-state index is 0.0817. The summed E-state index contributed by atoms with van der Waals surface area (Å²) in [5.74, 6) is -2.10. The zero-order valence-electron chi connectivity index (χ0n) is 10.0. The van der Waals surface area contributed by atoms with Crippen molar-refractivity contribution in [2.75, 3.05) is 0 Å². The Labute approximate surface area is 104 Å². The molecule has 1 heterocycles. The van der Waals surface area contributed by atoms with E-state index in [2.05, 4.69) is 6.58 Å². The van der Waals surface area contributed by atoms with Crippen molar-refractivity contribution in [2.24, 2.45) is 0 Å². The van der Waals surface area contributed by atoms with E-state index >= 15 is 0 Å². The summed E-state index contributed by atoms with van der Waals surface area (Å²) in [5, 5.41) is 9.19. The van der Waals surface area contributed by atoms with Gasteiger partial charge in [-0.05, 0) is 18.6 Å². The van der Waals surface area contributed by atoms with Gasteiger partial charge in [0.05, 0.1) is 12.0 Å². The predicted octanol–water partition coefficient (Wildman–Crippen LogP) is 1.13. The quantitative estimate of drug-likeness (QED) is 0.462. The van der Waals surface area contributed by atoms with Crippen LogP contribution in [0.25, 0.3) is 0 Å². The van der Waals surface area contributed by atoms with E-state index in [1.165, 1.54) is 6.92 Å². The molecule has 5 heteroatoms. The summed E-state index contributed by atoms with van der Waals surface area (Å²) < 4.78 is -0.759. The number of carboxylic acids is 1. The van der Waals surface area contributed by atoms with Crippen molar-refractivity contribution in [1.82, 2.24) is 0 Å². The highest BCUT2D eigenvalue weighted by Crippen LogP contribution is 2.37. The summed E-state index contributed by atoms with van der Waals surface area (Å²) in [7, 11) is 0. The van der Waals surface area contributed by atoms with Crippen LogP contribution in [0.3, 0.4) is 0 Å². The number of amides is 2. The van der Waals surface area contributed by atoms with Gasteiger partial charge in [-0.1, -0.05) is 12.7 Å². The van der Waals surface area contributed by atoms with E-state index in [0.717, 1.165) is 0 Å². The lowest BCUT2D eigenvalue weighted by molar-refractivity contribution is -0.746. The molecule has 1 N–H and O–H groups in total. The van der Waals surface area contributed by atoms with Crippen LogP contribution < -0.4 is 0 Å². The Hall–Kier alpha value is -2.01. The molecule has 1 aliphatic heterocycles. The van der Waals surface area contributed by atoms with E-state index in [4.69, 9.17) is 0 Å². The molecular weight excluding hydrogens is 234 g/mol. The molecule has 0 spiro atoms. The van der Waals surface area contributed by atoms with Crippen LogP contribution in [0.2, 0.25) is 0 Å². The van der Waals surface area contributed by atoms with Crippen molar-refractivity contribution in [1.29, 1.82) is 0 Å². The highest BCUT2D eigenvalue weighted by atomic mass is 16.4. The van der Waals surface area contributed by atoms with Crippen LogP contribution in [0.1, 0.15) is 19.8 Å². The number of rotatable bonds is 3. The normalized spacial score (nSPS) is 28.7. The summed E-state index contributed by atoms with van der Waals surface area (Å²) >= 11 is 0. The van der Waals surface area contributed by atoms with Gasteiger partial charge in [0.1, 0.15) is 5.70 Å². The van der Waals surface area contributed by atoms with E-state index in [9.17, 15) is 19.5 Å². The molecule has 2 aliphatic rings. The highest BCUT2D eigenvalue weighted by Gasteiger charge is 2.60. The van der Waals surface area contributed by atoms with Crippen LogP contribution in [0.4, 0.5) is 0 Å². The molecule has 2 rings (SSSR count). The zero-order chi connectivity index (χ0) is 13.5. The maximum atomic E-state index is 12.3. The first kappa shape index (κ1) is 12.4. The number of carbonyl (C=O) groups excluding carboxylic acids is 2. The van der Waals surface area contributed by atoms with Gasteiger partial charge in [0.2, 0.25) is 6.04 Å². The van der Waals surface area contributed by atoms with Gasteiger partial charge in [0.25, 0.3) is 0 Å². The van der Waals surface area contributed by atoms with Gasteiger partial charge in [-0.25, -0.2) is 14.4 Å². The van der Waals surface area contributed by atoms with Crippen molar-refractivity contribution >= 4 is 17.8 Å². The zero-order valence-corrected chi connectivity index (χ0v) is 10.0. The lowest BCUT2D eigenvalue weighted by atomic mass is 10.1. The Kier molecular flexibility index (Phi) is 2.78. The average Bonchev–Trinajstić information content (AvgIpc) is 2.89. The molecule has 1 aliphatic carbocycles. The smallest absolute Gasteiger partial charge is 0.363 e. The van der Waals surface area contributed by atoms with Crippen molar-refractivity contribution in [3.8, 4) is 0 Å². The average molecular weight is 248 g/mol. The number of aliphatic carboxylic acids is 1. The maximum Gasteiger partial charge on any atom is 0.363 e. The van der Waals surface area contributed by atoms with Gasteiger partial charge >= 0.3 is 17.8 Å². The molecule has 2 amide bonds. The van der Waals surface area contributed by atoms with Gasteiger partial charge in [-0.2, -0.15) is 0 Å². The molecule has 0 saturated carbocycles. The molecule has 0 aromatic heterocycles. The van der Waals surface area contributed by atoms with Crippen LogP contribution >= 0.6 is 0 Å². The number of hydrogen-bond donors (Lipinski definition) is 1.